The third-order valence-electron chi connectivity index (χ3n) is 5.04. The summed E-state index contributed by atoms with van der Waals surface area (Å²) in [5.41, 5.74) is 3.77. The Morgan fingerprint density at radius 3 is 2.28 bits per heavy atom. The Kier molecular flexibility index (Phi) is 4.75. The van der Waals surface area contributed by atoms with E-state index in [0.717, 1.165) is 23.1 Å². The van der Waals surface area contributed by atoms with Gasteiger partial charge in [0.15, 0.2) is 0 Å². The quantitative estimate of drug-likeness (QED) is 0.803. The topological polar surface area (TPSA) is 34.6 Å². The van der Waals surface area contributed by atoms with Crippen molar-refractivity contribution in [2.75, 3.05) is 14.1 Å². The predicted octanol–water partition coefficient (Wildman–Crippen LogP) is 3.11. The highest BCUT2D eigenvalue weighted by molar-refractivity contribution is 6.62. The number of hydrogen-bond acceptors (Lipinski definition) is 4. The molecule has 0 atom stereocenters. The highest BCUT2D eigenvalue weighted by Crippen LogP contribution is 2.36. The molecule has 4 nitrogen and oxygen atoms in total. The second kappa shape index (κ2) is 6.56. The van der Waals surface area contributed by atoms with Crippen molar-refractivity contribution in [1.29, 1.82) is 0 Å². The van der Waals surface area contributed by atoms with Gasteiger partial charge in [0.25, 0.3) is 0 Å². The van der Waals surface area contributed by atoms with Crippen LogP contribution in [0.25, 0.3) is 11.1 Å². The van der Waals surface area contributed by atoms with E-state index in [-0.39, 0.29) is 18.3 Å². The van der Waals surface area contributed by atoms with Crippen molar-refractivity contribution < 1.29 is 9.31 Å². The van der Waals surface area contributed by atoms with Crippen molar-refractivity contribution in [3.8, 4) is 11.1 Å². The van der Waals surface area contributed by atoms with Gasteiger partial charge in [0.2, 0.25) is 0 Å². The fourth-order valence-electron chi connectivity index (χ4n) is 2.94. The van der Waals surface area contributed by atoms with Crippen LogP contribution >= 0.6 is 0 Å². The minimum Gasteiger partial charge on any atom is -0.399 e. The number of benzene rings is 1. The molecule has 5 heteroatoms. The van der Waals surface area contributed by atoms with Gasteiger partial charge in [0.05, 0.1) is 11.2 Å². The van der Waals surface area contributed by atoms with E-state index in [4.69, 9.17) is 9.31 Å². The average molecular weight is 338 g/mol. The Bertz CT molecular complexity index is 743. The standard InChI is InChI=1S/C20H27BN2O2/c1-19(2)20(3,4)25-21(24-19)18-11-17(12-22-13-18)16-9-7-8-15(10-16)14-23(5)6/h7-13H,14H2,1-6H3. The molecule has 2 heterocycles. The summed E-state index contributed by atoms with van der Waals surface area (Å²) >= 11 is 0. The first-order valence-corrected chi connectivity index (χ1v) is 8.73. The van der Waals surface area contributed by atoms with Crippen molar-refractivity contribution in [3.63, 3.8) is 0 Å². The Hall–Kier alpha value is -1.69. The summed E-state index contributed by atoms with van der Waals surface area (Å²) in [6.45, 7) is 9.17. The van der Waals surface area contributed by atoms with Crippen LogP contribution in [0.15, 0.2) is 42.7 Å². The van der Waals surface area contributed by atoms with Crippen molar-refractivity contribution >= 4 is 12.6 Å². The highest BCUT2D eigenvalue weighted by Gasteiger charge is 2.51. The largest absolute Gasteiger partial charge is 0.496 e. The molecule has 1 saturated heterocycles. The van der Waals surface area contributed by atoms with Gasteiger partial charge in [-0.2, -0.15) is 0 Å². The van der Waals surface area contributed by atoms with E-state index >= 15 is 0 Å². The lowest BCUT2D eigenvalue weighted by molar-refractivity contribution is 0.00578. The first-order valence-electron chi connectivity index (χ1n) is 8.73. The van der Waals surface area contributed by atoms with Crippen LogP contribution in [0.4, 0.5) is 0 Å². The molecule has 0 saturated carbocycles. The molecule has 1 fully saturated rings. The molecule has 1 aromatic heterocycles. The monoisotopic (exact) mass is 338 g/mol. The maximum absolute atomic E-state index is 6.15. The zero-order valence-corrected chi connectivity index (χ0v) is 16.0. The zero-order valence-electron chi connectivity index (χ0n) is 16.0. The van der Waals surface area contributed by atoms with Crippen LogP contribution in [-0.2, 0) is 15.9 Å². The third kappa shape index (κ3) is 3.79. The fraction of sp³-hybridized carbons (Fsp3) is 0.450. The van der Waals surface area contributed by atoms with Crippen molar-refractivity contribution in [2.45, 2.75) is 45.4 Å². The molecule has 1 aromatic carbocycles. The van der Waals surface area contributed by atoms with E-state index in [1.807, 2.05) is 12.4 Å². The van der Waals surface area contributed by atoms with Crippen LogP contribution in [0.3, 0.4) is 0 Å². The summed E-state index contributed by atoms with van der Waals surface area (Å²) in [7, 11) is 3.77. The minimum atomic E-state index is -0.387. The molecule has 0 radical (unpaired) electrons. The molecule has 2 aromatic rings. The van der Waals surface area contributed by atoms with Crippen molar-refractivity contribution in [1.82, 2.24) is 9.88 Å². The number of hydrogen-bond donors (Lipinski definition) is 0. The van der Waals surface area contributed by atoms with E-state index in [2.05, 4.69) is 82.0 Å². The van der Waals surface area contributed by atoms with Gasteiger partial charge in [0, 0.05) is 24.4 Å². The van der Waals surface area contributed by atoms with E-state index in [1.54, 1.807) is 0 Å². The first kappa shape index (κ1) is 18.1. The average Bonchev–Trinajstić information content (AvgIpc) is 2.75. The van der Waals surface area contributed by atoms with Crippen molar-refractivity contribution in [2.24, 2.45) is 0 Å². The lowest BCUT2D eigenvalue weighted by Crippen LogP contribution is -2.41. The number of pyridine rings is 1. The number of nitrogens with zero attached hydrogens (tertiary/aromatic N) is 2. The molecule has 25 heavy (non-hydrogen) atoms. The molecule has 0 spiro atoms. The molecular weight excluding hydrogens is 311 g/mol. The molecule has 0 unspecified atom stereocenters. The predicted molar refractivity (Wildman–Crippen MR) is 103 cm³/mol. The molecule has 132 valence electrons. The van der Waals surface area contributed by atoms with E-state index in [0.29, 0.717) is 0 Å². The van der Waals surface area contributed by atoms with Gasteiger partial charge in [-0.05, 0) is 64.5 Å². The molecule has 0 N–H and O–H groups in total. The summed E-state index contributed by atoms with van der Waals surface area (Å²) in [6, 6.07) is 10.7. The highest BCUT2D eigenvalue weighted by atomic mass is 16.7. The molecule has 3 rings (SSSR count). The maximum Gasteiger partial charge on any atom is 0.496 e. The van der Waals surface area contributed by atoms with Gasteiger partial charge in [-0.25, -0.2) is 0 Å². The molecule has 1 aliphatic rings. The van der Waals surface area contributed by atoms with Crippen LogP contribution in [0.2, 0.25) is 0 Å². The van der Waals surface area contributed by atoms with Crippen molar-refractivity contribution in [3.05, 3.63) is 48.3 Å². The Morgan fingerprint density at radius 2 is 1.64 bits per heavy atom. The molecular formula is C20H27BN2O2. The Morgan fingerprint density at radius 1 is 0.960 bits per heavy atom. The number of aromatic nitrogens is 1. The van der Waals surface area contributed by atoms with Gasteiger partial charge in [-0.3, -0.25) is 4.98 Å². The van der Waals surface area contributed by atoms with Gasteiger partial charge in [-0.1, -0.05) is 24.3 Å². The molecule has 0 aliphatic carbocycles. The van der Waals surface area contributed by atoms with Crippen LogP contribution < -0.4 is 5.46 Å². The van der Waals surface area contributed by atoms with Crippen LogP contribution in [0, 0.1) is 0 Å². The van der Waals surface area contributed by atoms with Crippen LogP contribution in [0.5, 0.6) is 0 Å². The minimum absolute atomic E-state index is 0.348. The summed E-state index contributed by atoms with van der Waals surface area (Å²) in [4.78, 5) is 6.59. The van der Waals surface area contributed by atoms with Gasteiger partial charge in [0.1, 0.15) is 0 Å². The fourth-order valence-corrected chi connectivity index (χ4v) is 2.94. The Balaban J connectivity index is 1.88. The number of rotatable bonds is 4. The maximum atomic E-state index is 6.15. The summed E-state index contributed by atoms with van der Waals surface area (Å²) < 4.78 is 12.3. The Labute approximate surface area is 151 Å². The van der Waals surface area contributed by atoms with Crippen LogP contribution in [-0.4, -0.2) is 42.3 Å². The second-order valence-electron chi connectivity index (χ2n) is 8.03. The normalized spacial score (nSPS) is 18.8. The molecule has 1 aliphatic heterocycles. The molecule has 0 amide bonds. The van der Waals surface area contributed by atoms with Gasteiger partial charge < -0.3 is 14.2 Å². The lowest BCUT2D eigenvalue weighted by Gasteiger charge is -2.32. The zero-order chi connectivity index (χ0) is 18.2. The molecule has 0 bridgehead atoms. The van der Waals surface area contributed by atoms with Gasteiger partial charge in [-0.15, -0.1) is 0 Å². The summed E-state index contributed by atoms with van der Waals surface area (Å²) in [5, 5.41) is 0. The smallest absolute Gasteiger partial charge is 0.399 e. The van der Waals surface area contributed by atoms with E-state index in [1.165, 1.54) is 5.56 Å². The summed E-state index contributed by atoms with van der Waals surface area (Å²) in [5.74, 6) is 0. The van der Waals surface area contributed by atoms with E-state index in [9.17, 15) is 0 Å². The van der Waals surface area contributed by atoms with Crippen LogP contribution in [0.1, 0.15) is 33.3 Å². The summed E-state index contributed by atoms with van der Waals surface area (Å²) in [6.07, 6.45) is 3.72. The van der Waals surface area contributed by atoms with E-state index < -0.39 is 0 Å². The lowest BCUT2D eigenvalue weighted by atomic mass is 9.79. The third-order valence-corrected chi connectivity index (χ3v) is 5.04. The SMILES string of the molecule is CN(C)Cc1cccc(-c2cncc(B3OC(C)(C)C(C)(C)O3)c2)c1. The van der Waals surface area contributed by atoms with Gasteiger partial charge >= 0.3 is 7.12 Å². The second-order valence-corrected chi connectivity index (χ2v) is 8.03. The first-order chi connectivity index (χ1) is 11.7.